The first-order valence-electron chi connectivity index (χ1n) is 7.09. The van der Waals surface area contributed by atoms with Gasteiger partial charge in [-0.15, -0.1) is 0 Å². The Balaban J connectivity index is 2.18. The quantitative estimate of drug-likeness (QED) is 0.852. The van der Waals surface area contributed by atoms with Gasteiger partial charge in [0.2, 0.25) is 10.0 Å². The van der Waals surface area contributed by atoms with Crippen LogP contribution in [0.3, 0.4) is 0 Å². The summed E-state index contributed by atoms with van der Waals surface area (Å²) < 4.78 is 40.3. The highest BCUT2D eigenvalue weighted by Crippen LogP contribution is 2.19. The van der Waals surface area contributed by atoms with Gasteiger partial charge in [-0.2, -0.15) is 0 Å². The monoisotopic (exact) mass is 336 g/mol. The largest absolute Gasteiger partial charge is 0.319 e. The van der Waals surface area contributed by atoms with Gasteiger partial charge in [-0.25, -0.2) is 17.5 Å². The predicted molar refractivity (Wildman–Crippen MR) is 86.3 cm³/mol. The number of hydrogen-bond acceptors (Lipinski definition) is 3. The average Bonchev–Trinajstić information content (AvgIpc) is 2.55. The van der Waals surface area contributed by atoms with Crippen LogP contribution >= 0.6 is 0 Å². The lowest BCUT2D eigenvalue weighted by Crippen LogP contribution is -2.24. The molecule has 0 aliphatic carbocycles. The second-order valence-corrected chi connectivity index (χ2v) is 6.63. The predicted octanol–water partition coefficient (Wildman–Crippen LogP) is 2.77. The van der Waals surface area contributed by atoms with Crippen molar-refractivity contribution < 1.29 is 17.6 Å². The molecule has 0 saturated heterocycles. The molecule has 2 aromatic rings. The molecule has 7 heteroatoms. The van der Waals surface area contributed by atoms with Crippen molar-refractivity contribution in [3.05, 3.63) is 59.9 Å². The van der Waals surface area contributed by atoms with E-state index in [-0.39, 0.29) is 17.1 Å². The van der Waals surface area contributed by atoms with Crippen LogP contribution in [0.15, 0.2) is 53.4 Å². The second-order valence-electron chi connectivity index (χ2n) is 4.86. The number of carbonyl (C=O) groups excluding carboxylic acids is 1. The Morgan fingerprint density at radius 1 is 1.13 bits per heavy atom. The molecule has 0 saturated carbocycles. The smallest absolute Gasteiger partial charge is 0.255 e. The molecule has 0 aliphatic heterocycles. The number of nitrogens with one attached hydrogen (secondary N) is 2. The Morgan fingerprint density at radius 3 is 2.43 bits per heavy atom. The van der Waals surface area contributed by atoms with Crippen LogP contribution in [0.2, 0.25) is 0 Å². The molecule has 0 unspecified atom stereocenters. The zero-order chi connectivity index (χ0) is 16.9. The first-order chi connectivity index (χ1) is 10.9. The molecule has 0 aliphatic rings. The van der Waals surface area contributed by atoms with Crippen molar-refractivity contribution in [2.75, 3.05) is 11.9 Å². The molecule has 23 heavy (non-hydrogen) atoms. The summed E-state index contributed by atoms with van der Waals surface area (Å²) in [6.45, 7) is 2.10. The maximum Gasteiger partial charge on any atom is 0.255 e. The van der Waals surface area contributed by atoms with E-state index in [0.717, 1.165) is 6.07 Å². The third-order valence-electron chi connectivity index (χ3n) is 3.08. The fourth-order valence-corrected chi connectivity index (χ4v) is 3.01. The van der Waals surface area contributed by atoms with Gasteiger partial charge in [0.15, 0.2) is 0 Å². The van der Waals surface area contributed by atoms with Crippen LogP contribution in [0.1, 0.15) is 23.7 Å². The molecular weight excluding hydrogens is 319 g/mol. The minimum atomic E-state index is -3.75. The Bertz CT molecular complexity index is 792. The molecule has 0 bridgehead atoms. The summed E-state index contributed by atoms with van der Waals surface area (Å²) in [7, 11) is -3.75. The Morgan fingerprint density at radius 2 is 1.83 bits per heavy atom. The van der Waals surface area contributed by atoms with Crippen molar-refractivity contribution in [1.82, 2.24) is 4.72 Å². The lowest BCUT2D eigenvalue weighted by molar-refractivity contribution is 0.102. The van der Waals surface area contributed by atoms with Gasteiger partial charge in [0.05, 0.1) is 10.6 Å². The SMILES string of the molecule is CCCNS(=O)(=O)c1ccc(NC(=O)c2ccccc2)c(F)c1. The van der Waals surface area contributed by atoms with Gasteiger partial charge in [-0.1, -0.05) is 25.1 Å². The third kappa shape index (κ3) is 4.37. The molecule has 0 radical (unpaired) electrons. The Kier molecular flexibility index (Phi) is 5.46. The Labute approximate surface area is 134 Å². The summed E-state index contributed by atoms with van der Waals surface area (Å²) in [5, 5.41) is 2.42. The molecule has 0 spiro atoms. The van der Waals surface area contributed by atoms with E-state index in [2.05, 4.69) is 10.0 Å². The fraction of sp³-hybridized carbons (Fsp3) is 0.188. The molecule has 0 aromatic heterocycles. The van der Waals surface area contributed by atoms with Crippen LogP contribution in [-0.2, 0) is 10.0 Å². The number of carbonyl (C=O) groups is 1. The van der Waals surface area contributed by atoms with Crippen molar-refractivity contribution in [1.29, 1.82) is 0 Å². The van der Waals surface area contributed by atoms with E-state index in [1.165, 1.54) is 12.1 Å². The summed E-state index contributed by atoms with van der Waals surface area (Å²) in [5.41, 5.74) is 0.307. The topological polar surface area (TPSA) is 75.3 Å². The van der Waals surface area contributed by atoms with Gasteiger partial charge in [0, 0.05) is 12.1 Å². The third-order valence-corrected chi connectivity index (χ3v) is 4.54. The number of benzene rings is 2. The minimum Gasteiger partial charge on any atom is -0.319 e. The summed E-state index contributed by atoms with van der Waals surface area (Å²) in [4.78, 5) is 11.8. The van der Waals surface area contributed by atoms with Gasteiger partial charge in [-0.3, -0.25) is 4.79 Å². The van der Waals surface area contributed by atoms with Crippen molar-refractivity contribution in [3.8, 4) is 0 Å². The lowest BCUT2D eigenvalue weighted by Gasteiger charge is -2.09. The molecule has 1 amide bonds. The first kappa shape index (κ1) is 17.1. The van der Waals surface area contributed by atoms with Crippen LogP contribution in [0, 0.1) is 5.82 Å². The first-order valence-corrected chi connectivity index (χ1v) is 8.58. The number of amides is 1. The van der Waals surface area contributed by atoms with E-state index in [4.69, 9.17) is 0 Å². The Hall–Kier alpha value is -2.25. The van der Waals surface area contributed by atoms with Crippen LogP contribution < -0.4 is 10.0 Å². The highest BCUT2D eigenvalue weighted by Gasteiger charge is 2.16. The molecule has 2 aromatic carbocycles. The second kappa shape index (κ2) is 7.34. The number of halogens is 1. The van der Waals surface area contributed by atoms with Gasteiger partial charge in [-0.05, 0) is 36.8 Å². The van der Waals surface area contributed by atoms with Crippen LogP contribution in [0.25, 0.3) is 0 Å². The number of hydrogen-bond donors (Lipinski definition) is 2. The molecule has 2 rings (SSSR count). The molecule has 2 N–H and O–H groups in total. The summed E-state index contributed by atoms with van der Waals surface area (Å²) in [5.74, 6) is -1.28. The van der Waals surface area contributed by atoms with Crippen molar-refractivity contribution in [2.45, 2.75) is 18.2 Å². The van der Waals surface area contributed by atoms with Crippen molar-refractivity contribution >= 4 is 21.6 Å². The van der Waals surface area contributed by atoms with E-state index in [9.17, 15) is 17.6 Å². The average molecular weight is 336 g/mol. The van der Waals surface area contributed by atoms with Crippen molar-refractivity contribution in [3.63, 3.8) is 0 Å². The highest BCUT2D eigenvalue weighted by molar-refractivity contribution is 7.89. The zero-order valence-electron chi connectivity index (χ0n) is 12.5. The zero-order valence-corrected chi connectivity index (χ0v) is 13.4. The standard InChI is InChI=1S/C16H17FN2O3S/c1-2-10-18-23(21,22)13-8-9-15(14(17)11-13)19-16(20)12-6-4-3-5-7-12/h3-9,11,18H,2,10H2,1H3,(H,19,20). The fourth-order valence-electron chi connectivity index (χ4n) is 1.87. The van der Waals surface area contributed by atoms with Gasteiger partial charge < -0.3 is 5.32 Å². The highest BCUT2D eigenvalue weighted by atomic mass is 32.2. The summed E-state index contributed by atoms with van der Waals surface area (Å²) >= 11 is 0. The minimum absolute atomic E-state index is 0.0757. The van der Waals surface area contributed by atoms with Gasteiger partial charge in [0.25, 0.3) is 5.91 Å². The van der Waals surface area contributed by atoms with E-state index in [1.807, 2.05) is 6.92 Å². The van der Waals surface area contributed by atoms with Crippen LogP contribution in [0.5, 0.6) is 0 Å². The van der Waals surface area contributed by atoms with Gasteiger partial charge in [0.1, 0.15) is 5.82 Å². The maximum absolute atomic E-state index is 14.1. The van der Waals surface area contributed by atoms with Crippen LogP contribution in [0.4, 0.5) is 10.1 Å². The van der Waals surface area contributed by atoms with Crippen molar-refractivity contribution in [2.24, 2.45) is 0 Å². The molecule has 122 valence electrons. The van der Waals surface area contributed by atoms with E-state index in [1.54, 1.807) is 30.3 Å². The number of anilines is 1. The molecule has 0 atom stereocenters. The van der Waals surface area contributed by atoms with Crippen LogP contribution in [-0.4, -0.2) is 20.9 Å². The number of sulfonamides is 1. The van der Waals surface area contributed by atoms with E-state index >= 15 is 0 Å². The maximum atomic E-state index is 14.1. The van der Waals surface area contributed by atoms with Gasteiger partial charge >= 0.3 is 0 Å². The number of rotatable bonds is 6. The van der Waals surface area contributed by atoms with E-state index in [0.29, 0.717) is 12.0 Å². The molecule has 5 nitrogen and oxygen atoms in total. The molecule has 0 fully saturated rings. The molecule has 0 heterocycles. The van der Waals surface area contributed by atoms with E-state index < -0.39 is 21.7 Å². The summed E-state index contributed by atoms with van der Waals surface area (Å²) in [6, 6.07) is 11.7. The summed E-state index contributed by atoms with van der Waals surface area (Å²) in [6.07, 6.45) is 0.632. The molecular formula is C16H17FN2O3S. The normalized spacial score (nSPS) is 11.2. The lowest BCUT2D eigenvalue weighted by atomic mass is 10.2.